The van der Waals surface area contributed by atoms with Crippen molar-refractivity contribution in [3.63, 3.8) is 0 Å². The predicted molar refractivity (Wildman–Crippen MR) is 104 cm³/mol. The molecule has 1 heterocycles. The van der Waals surface area contributed by atoms with Gasteiger partial charge in [-0.2, -0.15) is 0 Å². The van der Waals surface area contributed by atoms with Gasteiger partial charge in [0.05, 0.1) is 12.1 Å². The first-order chi connectivity index (χ1) is 14.1. The summed E-state index contributed by atoms with van der Waals surface area (Å²) in [6.07, 6.45) is -9.89. The second-order valence-corrected chi connectivity index (χ2v) is 7.85. The normalized spacial score (nSPS) is 43.2. The number of hydrogen-bond donors (Lipinski definition) is 10. The highest BCUT2D eigenvalue weighted by molar-refractivity contribution is 5.80. The van der Waals surface area contributed by atoms with Crippen LogP contribution >= 0.6 is 0 Å². The second kappa shape index (κ2) is 11.1. The molecule has 13 heteroatoms. The summed E-state index contributed by atoms with van der Waals surface area (Å²) in [5, 5.41) is 56.2. The van der Waals surface area contributed by atoms with Crippen LogP contribution in [0.15, 0.2) is 0 Å². The molecule has 176 valence electrons. The van der Waals surface area contributed by atoms with Crippen LogP contribution in [0, 0.1) is 0 Å². The van der Waals surface area contributed by atoms with Crippen molar-refractivity contribution in [3.8, 4) is 0 Å². The third-order valence-electron chi connectivity index (χ3n) is 5.56. The van der Waals surface area contributed by atoms with Crippen molar-refractivity contribution in [2.75, 3.05) is 20.1 Å². The number of likely N-dealkylation sites (N-methyl/N-ethyl adjacent to an activating group) is 1. The highest BCUT2D eigenvalue weighted by atomic mass is 16.7. The number of hydrogen-bond acceptors (Lipinski definition) is 12. The first-order valence-corrected chi connectivity index (χ1v) is 9.99. The van der Waals surface area contributed by atoms with Crippen LogP contribution in [0.2, 0.25) is 0 Å². The molecule has 0 spiro atoms. The molecule has 2 fully saturated rings. The van der Waals surface area contributed by atoms with E-state index in [1.54, 1.807) is 7.05 Å². The Balaban J connectivity index is 2.03. The lowest BCUT2D eigenvalue weighted by Crippen LogP contribution is -2.68. The summed E-state index contributed by atoms with van der Waals surface area (Å²) in [4.78, 5) is 12.0. The smallest absolute Gasteiger partial charge is 0.249 e. The van der Waals surface area contributed by atoms with Gasteiger partial charge in [-0.15, -0.1) is 0 Å². The molecule has 13 N–H and O–H groups in total. The number of nitrogens with two attached hydrogens (primary N) is 3. The number of ether oxygens (including phenoxy) is 2. The maximum Gasteiger partial charge on any atom is 0.249 e. The van der Waals surface area contributed by atoms with Gasteiger partial charge in [-0.1, -0.05) is 0 Å². The molecule has 2 rings (SSSR count). The van der Waals surface area contributed by atoms with Gasteiger partial charge in [-0.05, 0) is 26.4 Å². The number of aliphatic hydroxyl groups is 5. The van der Waals surface area contributed by atoms with Gasteiger partial charge in [0, 0.05) is 12.6 Å². The number of carbonyl (C=O) groups is 1. The lowest BCUT2D eigenvalue weighted by atomic mass is 9.84. The molecule has 30 heavy (non-hydrogen) atoms. The number of aliphatic hydroxyl groups excluding tert-OH is 5. The molecule has 1 aliphatic heterocycles. The summed E-state index contributed by atoms with van der Waals surface area (Å²) < 4.78 is 11.3. The Morgan fingerprint density at radius 1 is 1.17 bits per heavy atom. The van der Waals surface area contributed by atoms with Crippen molar-refractivity contribution in [2.24, 2.45) is 17.2 Å². The highest BCUT2D eigenvalue weighted by Crippen LogP contribution is 2.27. The zero-order valence-corrected chi connectivity index (χ0v) is 16.9. The van der Waals surface area contributed by atoms with Gasteiger partial charge >= 0.3 is 0 Å². The summed E-state index contributed by atoms with van der Waals surface area (Å²) >= 11 is 0. The van der Waals surface area contributed by atoms with Crippen molar-refractivity contribution in [2.45, 2.75) is 80.0 Å². The molecular weight excluding hydrogens is 402 g/mol. The molecule has 1 saturated carbocycles. The van der Waals surface area contributed by atoms with Gasteiger partial charge in [0.1, 0.15) is 42.7 Å². The van der Waals surface area contributed by atoms with Gasteiger partial charge in [0.2, 0.25) is 5.91 Å². The Hall–Kier alpha value is -0.970. The fourth-order valence-corrected chi connectivity index (χ4v) is 3.75. The van der Waals surface area contributed by atoms with Gasteiger partial charge < -0.3 is 62.8 Å². The topological polar surface area (TPSA) is 239 Å². The van der Waals surface area contributed by atoms with Gasteiger partial charge in [-0.25, -0.2) is 0 Å². The van der Waals surface area contributed by atoms with Crippen molar-refractivity contribution in [1.29, 1.82) is 0 Å². The van der Waals surface area contributed by atoms with Crippen molar-refractivity contribution >= 4 is 5.91 Å². The highest BCUT2D eigenvalue weighted by Gasteiger charge is 2.48. The Kier molecular flexibility index (Phi) is 9.32. The minimum Gasteiger partial charge on any atom is -0.388 e. The van der Waals surface area contributed by atoms with Gasteiger partial charge in [0.15, 0.2) is 6.29 Å². The van der Waals surface area contributed by atoms with Crippen LogP contribution < -0.4 is 27.8 Å². The third kappa shape index (κ3) is 5.63. The number of amides is 1. The minimum atomic E-state index is -1.51. The number of nitrogens with one attached hydrogen (secondary N) is 2. The Morgan fingerprint density at radius 2 is 1.83 bits per heavy atom. The van der Waals surface area contributed by atoms with Crippen molar-refractivity contribution in [1.82, 2.24) is 10.6 Å². The van der Waals surface area contributed by atoms with E-state index in [2.05, 4.69) is 10.6 Å². The Morgan fingerprint density at radius 3 is 2.43 bits per heavy atom. The average Bonchev–Trinajstić information content (AvgIpc) is 2.70. The minimum absolute atomic E-state index is 0.0387. The molecule has 0 bridgehead atoms. The van der Waals surface area contributed by atoms with Crippen molar-refractivity contribution in [3.05, 3.63) is 0 Å². The summed E-state index contributed by atoms with van der Waals surface area (Å²) in [6.45, 7) is 0.322. The Bertz CT molecular complexity index is 560. The van der Waals surface area contributed by atoms with Crippen LogP contribution in [-0.4, -0.2) is 119 Å². The van der Waals surface area contributed by atoms with Gasteiger partial charge in [-0.3, -0.25) is 4.79 Å². The third-order valence-corrected chi connectivity index (χ3v) is 5.56. The monoisotopic (exact) mass is 437 g/mol. The van der Waals surface area contributed by atoms with E-state index >= 15 is 0 Å². The standard InChI is InChI=1S/C17H35N5O8/c1-21-5-9-12(25)13(26)10(20)17(29-9)30-15-6(19)4-7(11(24)14(15)27)22-16(28)8(23)2-3-18/h6-15,17,21,23-27H,2-5,18-20H2,1H3,(H,22,28). The molecule has 0 aromatic carbocycles. The van der Waals surface area contributed by atoms with Crippen LogP contribution in [0.25, 0.3) is 0 Å². The largest absolute Gasteiger partial charge is 0.388 e. The predicted octanol–water partition coefficient (Wildman–Crippen LogP) is -5.99. The molecule has 11 unspecified atom stereocenters. The van der Waals surface area contributed by atoms with Crippen LogP contribution in [-0.2, 0) is 14.3 Å². The lowest BCUT2D eigenvalue weighted by molar-refractivity contribution is -0.289. The maximum atomic E-state index is 12.0. The fraction of sp³-hybridized carbons (Fsp3) is 0.941. The molecule has 11 atom stereocenters. The molecule has 1 amide bonds. The molecule has 13 nitrogen and oxygen atoms in total. The van der Waals surface area contributed by atoms with Crippen LogP contribution in [0.3, 0.4) is 0 Å². The van der Waals surface area contributed by atoms with E-state index in [0.29, 0.717) is 0 Å². The molecule has 1 saturated heterocycles. The molecule has 2 aliphatic rings. The molecule has 1 aliphatic carbocycles. The van der Waals surface area contributed by atoms with E-state index in [-0.39, 0.29) is 25.9 Å². The van der Waals surface area contributed by atoms with E-state index in [0.717, 1.165) is 0 Å². The SMILES string of the molecule is CNCC1OC(OC2C(N)CC(NC(=O)C(O)CCN)C(O)C2O)C(N)C(O)C1O. The fourth-order valence-electron chi connectivity index (χ4n) is 3.75. The van der Waals surface area contributed by atoms with E-state index in [4.69, 9.17) is 26.7 Å². The van der Waals surface area contributed by atoms with E-state index in [1.807, 2.05) is 0 Å². The first kappa shape index (κ1) is 25.3. The van der Waals surface area contributed by atoms with Crippen LogP contribution in [0.4, 0.5) is 0 Å². The van der Waals surface area contributed by atoms with Crippen LogP contribution in [0.5, 0.6) is 0 Å². The zero-order chi connectivity index (χ0) is 22.6. The molecule has 0 aromatic heterocycles. The van der Waals surface area contributed by atoms with E-state index in [9.17, 15) is 30.3 Å². The second-order valence-electron chi connectivity index (χ2n) is 7.85. The maximum absolute atomic E-state index is 12.0. The summed E-state index contributed by atoms with van der Waals surface area (Å²) in [7, 11) is 1.64. The zero-order valence-electron chi connectivity index (χ0n) is 16.9. The summed E-state index contributed by atoms with van der Waals surface area (Å²) in [5.41, 5.74) is 17.3. The quantitative estimate of drug-likeness (QED) is 0.171. The molecule has 0 aromatic rings. The summed E-state index contributed by atoms with van der Waals surface area (Å²) in [5.74, 6) is -0.729. The average molecular weight is 437 g/mol. The van der Waals surface area contributed by atoms with Gasteiger partial charge in [0.25, 0.3) is 0 Å². The van der Waals surface area contributed by atoms with E-state index in [1.165, 1.54) is 0 Å². The summed E-state index contributed by atoms with van der Waals surface area (Å²) in [6, 6.07) is -2.86. The molecular formula is C17H35N5O8. The lowest BCUT2D eigenvalue weighted by Gasteiger charge is -2.46. The molecule has 0 radical (unpaired) electrons. The number of rotatable bonds is 8. The van der Waals surface area contributed by atoms with Crippen LogP contribution in [0.1, 0.15) is 12.8 Å². The van der Waals surface area contributed by atoms with Crippen molar-refractivity contribution < 1.29 is 39.8 Å². The number of carbonyl (C=O) groups excluding carboxylic acids is 1. The first-order valence-electron chi connectivity index (χ1n) is 9.99. The van der Waals surface area contributed by atoms with E-state index < -0.39 is 73.1 Å². The Labute approximate surface area is 174 Å².